The Bertz CT molecular complexity index is 1390. The summed E-state index contributed by atoms with van der Waals surface area (Å²) in [6, 6.07) is -0.155. The first kappa shape index (κ1) is 24.5. The maximum atomic E-state index is 14.5. The van der Waals surface area contributed by atoms with Crippen LogP contribution in [0.5, 0.6) is 0 Å². The van der Waals surface area contributed by atoms with E-state index in [4.69, 9.17) is 4.74 Å². The van der Waals surface area contributed by atoms with Gasteiger partial charge in [0.15, 0.2) is 11.6 Å². The summed E-state index contributed by atoms with van der Waals surface area (Å²) in [4.78, 5) is 47.0. The SMILES string of the molecule is C[C@H](NC(=O)C(CN1CCOCC1)n1c(=O)[nH]c2ccc(F)c(F)c2c1=O)c1ncc(F)cc1F. The zero-order chi connectivity index (χ0) is 25.3. The predicted molar refractivity (Wildman–Crippen MR) is 116 cm³/mol. The predicted octanol–water partition coefficient (Wildman–Crippen LogP) is 1.39. The van der Waals surface area contributed by atoms with Gasteiger partial charge >= 0.3 is 5.69 Å². The van der Waals surface area contributed by atoms with Crippen molar-refractivity contribution in [1.29, 1.82) is 0 Å². The van der Waals surface area contributed by atoms with Crippen LogP contribution in [0.1, 0.15) is 24.7 Å². The van der Waals surface area contributed by atoms with Crippen LogP contribution in [-0.2, 0) is 9.53 Å². The van der Waals surface area contributed by atoms with Gasteiger partial charge in [-0.3, -0.25) is 19.5 Å². The van der Waals surface area contributed by atoms with E-state index in [1.807, 2.05) is 0 Å². The molecule has 1 aliphatic heterocycles. The molecule has 9 nitrogen and oxygen atoms in total. The normalized spacial score (nSPS) is 16.3. The number of morpholine rings is 1. The lowest BCUT2D eigenvalue weighted by Crippen LogP contribution is -2.51. The molecule has 1 fully saturated rings. The molecule has 2 aromatic heterocycles. The molecule has 1 amide bonds. The second-order valence-corrected chi connectivity index (χ2v) is 8.07. The molecule has 1 saturated heterocycles. The number of rotatable bonds is 6. The summed E-state index contributed by atoms with van der Waals surface area (Å²) in [7, 11) is 0. The van der Waals surface area contributed by atoms with Gasteiger partial charge in [-0.05, 0) is 19.1 Å². The van der Waals surface area contributed by atoms with Crippen molar-refractivity contribution in [2.75, 3.05) is 32.8 Å². The van der Waals surface area contributed by atoms with E-state index in [0.29, 0.717) is 36.9 Å². The first-order valence-corrected chi connectivity index (χ1v) is 10.7. The van der Waals surface area contributed by atoms with Gasteiger partial charge in [-0.15, -0.1) is 0 Å². The second-order valence-electron chi connectivity index (χ2n) is 8.07. The Labute approximate surface area is 195 Å². The highest BCUT2D eigenvalue weighted by molar-refractivity contribution is 5.82. The average molecular weight is 495 g/mol. The molecule has 0 saturated carbocycles. The number of hydrogen-bond donors (Lipinski definition) is 2. The summed E-state index contributed by atoms with van der Waals surface area (Å²) < 4.78 is 61.5. The van der Waals surface area contributed by atoms with Crippen LogP contribution in [0.15, 0.2) is 34.0 Å². The van der Waals surface area contributed by atoms with Gasteiger partial charge in [0, 0.05) is 25.7 Å². The lowest BCUT2D eigenvalue weighted by atomic mass is 10.1. The Morgan fingerprint density at radius 2 is 1.89 bits per heavy atom. The minimum atomic E-state index is -1.50. The van der Waals surface area contributed by atoms with Crippen molar-refractivity contribution in [1.82, 2.24) is 24.8 Å². The number of amides is 1. The Morgan fingerprint density at radius 1 is 1.17 bits per heavy atom. The molecule has 3 aromatic rings. The summed E-state index contributed by atoms with van der Waals surface area (Å²) in [5, 5.41) is 1.75. The number of benzene rings is 1. The molecule has 0 aliphatic carbocycles. The van der Waals surface area contributed by atoms with E-state index in [1.165, 1.54) is 6.92 Å². The van der Waals surface area contributed by atoms with Crippen molar-refractivity contribution >= 4 is 16.8 Å². The first-order chi connectivity index (χ1) is 16.7. The Kier molecular flexibility index (Phi) is 6.98. The van der Waals surface area contributed by atoms with Crippen molar-refractivity contribution in [3.63, 3.8) is 0 Å². The quantitative estimate of drug-likeness (QED) is 0.501. The van der Waals surface area contributed by atoms with E-state index >= 15 is 0 Å². The van der Waals surface area contributed by atoms with Gasteiger partial charge in [0.25, 0.3) is 5.56 Å². The number of carbonyl (C=O) groups excluding carboxylic acids is 1. The zero-order valence-electron chi connectivity index (χ0n) is 18.5. The Morgan fingerprint density at radius 3 is 2.57 bits per heavy atom. The van der Waals surface area contributed by atoms with Crippen molar-refractivity contribution in [3.05, 3.63) is 74.2 Å². The van der Waals surface area contributed by atoms with Gasteiger partial charge in [0.1, 0.15) is 23.1 Å². The highest BCUT2D eigenvalue weighted by Gasteiger charge is 2.30. The molecule has 4 rings (SSSR count). The van der Waals surface area contributed by atoms with Gasteiger partial charge in [-0.1, -0.05) is 0 Å². The van der Waals surface area contributed by atoms with E-state index in [2.05, 4.69) is 15.3 Å². The fourth-order valence-electron chi connectivity index (χ4n) is 3.97. The van der Waals surface area contributed by atoms with Crippen LogP contribution in [0.25, 0.3) is 10.9 Å². The van der Waals surface area contributed by atoms with Crippen molar-refractivity contribution < 1.29 is 27.1 Å². The van der Waals surface area contributed by atoms with Crippen LogP contribution < -0.4 is 16.6 Å². The Hall–Kier alpha value is -3.58. The molecule has 0 bridgehead atoms. The molecule has 1 aliphatic rings. The lowest BCUT2D eigenvalue weighted by molar-refractivity contribution is -0.126. The van der Waals surface area contributed by atoms with Gasteiger partial charge in [0.2, 0.25) is 5.91 Å². The lowest BCUT2D eigenvalue weighted by Gasteiger charge is -2.31. The summed E-state index contributed by atoms with van der Waals surface area (Å²) in [6.45, 7) is 2.70. The van der Waals surface area contributed by atoms with Gasteiger partial charge < -0.3 is 15.0 Å². The number of hydrogen-bond acceptors (Lipinski definition) is 6. The van der Waals surface area contributed by atoms with Crippen LogP contribution in [0.2, 0.25) is 0 Å². The van der Waals surface area contributed by atoms with E-state index in [-0.39, 0.29) is 17.8 Å². The minimum absolute atomic E-state index is 0.146. The first-order valence-electron chi connectivity index (χ1n) is 10.7. The molecule has 186 valence electrons. The van der Waals surface area contributed by atoms with Gasteiger partial charge in [-0.25, -0.2) is 26.9 Å². The average Bonchev–Trinajstić information content (AvgIpc) is 2.81. The fourth-order valence-corrected chi connectivity index (χ4v) is 3.97. The number of nitrogens with one attached hydrogen (secondary N) is 2. The number of aromatic amines is 1. The summed E-state index contributed by atoms with van der Waals surface area (Å²) in [6.07, 6.45) is 0.780. The molecule has 13 heteroatoms. The zero-order valence-corrected chi connectivity index (χ0v) is 18.5. The number of halogens is 4. The maximum Gasteiger partial charge on any atom is 0.329 e. The van der Waals surface area contributed by atoms with Gasteiger partial charge in [0.05, 0.1) is 36.7 Å². The topological polar surface area (TPSA) is 109 Å². The number of carbonyl (C=O) groups is 1. The fraction of sp³-hybridized carbons (Fsp3) is 0.364. The number of pyridine rings is 1. The Balaban J connectivity index is 1.76. The summed E-state index contributed by atoms with van der Waals surface area (Å²) in [5.41, 5.74) is -2.71. The second kappa shape index (κ2) is 9.96. The summed E-state index contributed by atoms with van der Waals surface area (Å²) in [5.74, 6) is -5.54. The molecule has 35 heavy (non-hydrogen) atoms. The van der Waals surface area contributed by atoms with Crippen LogP contribution in [0.3, 0.4) is 0 Å². The van der Waals surface area contributed by atoms with E-state index in [0.717, 1.165) is 18.3 Å². The number of nitrogens with zero attached hydrogens (tertiary/aromatic N) is 3. The largest absolute Gasteiger partial charge is 0.379 e. The molecule has 2 N–H and O–H groups in total. The minimum Gasteiger partial charge on any atom is -0.379 e. The van der Waals surface area contributed by atoms with Crippen LogP contribution in [-0.4, -0.2) is 58.2 Å². The van der Waals surface area contributed by atoms with Gasteiger partial charge in [-0.2, -0.15) is 0 Å². The molecule has 3 heterocycles. The third kappa shape index (κ3) is 4.95. The van der Waals surface area contributed by atoms with Crippen LogP contribution >= 0.6 is 0 Å². The standard InChI is InChI=1S/C22H21F4N5O4/c1-11(19-14(25)8-12(23)9-27-19)28-20(32)16(10-30-4-6-35-7-5-30)31-21(33)17-15(29-22(31)34)3-2-13(24)18(17)26/h2-3,8-9,11,16H,4-7,10H2,1H3,(H,28,32)(H,29,34)/t11-,16?/m0/s1. The highest BCUT2D eigenvalue weighted by atomic mass is 19.2. The molecular formula is C22H21F4N5O4. The van der Waals surface area contributed by atoms with Crippen LogP contribution in [0, 0.1) is 23.3 Å². The molecule has 0 radical (unpaired) electrons. The summed E-state index contributed by atoms with van der Waals surface area (Å²) >= 11 is 0. The molecule has 2 atom stereocenters. The number of H-pyrrole nitrogens is 1. The number of aromatic nitrogens is 3. The van der Waals surface area contributed by atoms with E-state index in [1.54, 1.807) is 4.90 Å². The third-order valence-electron chi connectivity index (χ3n) is 5.74. The van der Waals surface area contributed by atoms with Crippen molar-refractivity contribution in [2.24, 2.45) is 0 Å². The van der Waals surface area contributed by atoms with Crippen LogP contribution in [0.4, 0.5) is 17.6 Å². The van der Waals surface area contributed by atoms with Crippen molar-refractivity contribution in [2.45, 2.75) is 19.0 Å². The smallest absolute Gasteiger partial charge is 0.329 e. The molecule has 1 unspecified atom stereocenters. The monoisotopic (exact) mass is 495 g/mol. The highest BCUT2D eigenvalue weighted by Crippen LogP contribution is 2.18. The van der Waals surface area contributed by atoms with E-state index in [9.17, 15) is 31.9 Å². The third-order valence-corrected chi connectivity index (χ3v) is 5.74. The maximum absolute atomic E-state index is 14.5. The number of fused-ring (bicyclic) bond motifs is 1. The molecule has 1 aromatic carbocycles. The molecular weight excluding hydrogens is 474 g/mol. The molecule has 0 spiro atoms. The van der Waals surface area contributed by atoms with Crippen molar-refractivity contribution in [3.8, 4) is 0 Å². The number of ether oxygens (including phenoxy) is 1. The van der Waals surface area contributed by atoms with E-state index < -0.39 is 57.9 Å².